The Morgan fingerprint density at radius 3 is 2.78 bits per heavy atom. The highest BCUT2D eigenvalue weighted by atomic mass is 32.2. The molecule has 0 fully saturated rings. The molecule has 2 rings (SSSR count). The molecule has 0 aliphatic rings. The summed E-state index contributed by atoms with van der Waals surface area (Å²) in [6.07, 6.45) is 0. The lowest BCUT2D eigenvalue weighted by molar-refractivity contribution is 0.0520. The van der Waals surface area contributed by atoms with Crippen molar-refractivity contribution in [1.29, 1.82) is 0 Å². The molecule has 0 saturated heterocycles. The minimum Gasteiger partial charge on any atom is -0.506 e. The summed E-state index contributed by atoms with van der Waals surface area (Å²) in [7, 11) is 3.19. The lowest BCUT2D eigenvalue weighted by Crippen LogP contribution is -2.26. The Bertz CT molecular complexity index is 784. The van der Waals surface area contributed by atoms with Gasteiger partial charge in [0.2, 0.25) is 0 Å². The van der Waals surface area contributed by atoms with E-state index in [1.165, 1.54) is 4.57 Å². The largest absolute Gasteiger partial charge is 0.506 e. The van der Waals surface area contributed by atoms with Gasteiger partial charge in [0.1, 0.15) is 5.75 Å². The van der Waals surface area contributed by atoms with Gasteiger partial charge in [-0.2, -0.15) is 0 Å². The highest BCUT2D eigenvalue weighted by Crippen LogP contribution is 2.30. The second kappa shape index (κ2) is 7.52. The standard InChI is InChI=1S/C16H19NO5S/c1-4-22-16(20)13-14(18)11-9-10(23-8-7-21-3)5-6-12(11)17(2)15(13)19/h5-6,9,18H,4,7-8H2,1-3H3. The van der Waals surface area contributed by atoms with E-state index in [2.05, 4.69) is 0 Å². The summed E-state index contributed by atoms with van der Waals surface area (Å²) < 4.78 is 11.2. The second-order valence-electron chi connectivity index (χ2n) is 4.83. The summed E-state index contributed by atoms with van der Waals surface area (Å²) in [5.41, 5.74) is -0.356. The molecule has 23 heavy (non-hydrogen) atoms. The van der Waals surface area contributed by atoms with Gasteiger partial charge in [0, 0.05) is 30.2 Å². The third kappa shape index (κ3) is 3.51. The highest BCUT2D eigenvalue weighted by Gasteiger charge is 2.22. The maximum atomic E-state index is 12.3. The van der Waals surface area contributed by atoms with Gasteiger partial charge >= 0.3 is 5.97 Å². The number of ether oxygens (including phenoxy) is 2. The number of benzene rings is 1. The molecule has 0 bridgehead atoms. The van der Waals surface area contributed by atoms with Crippen LogP contribution in [0.15, 0.2) is 27.9 Å². The van der Waals surface area contributed by atoms with Crippen molar-refractivity contribution < 1.29 is 19.4 Å². The van der Waals surface area contributed by atoms with Gasteiger partial charge in [-0.05, 0) is 25.1 Å². The molecule has 0 saturated carbocycles. The summed E-state index contributed by atoms with van der Waals surface area (Å²) in [4.78, 5) is 25.2. The van der Waals surface area contributed by atoms with Crippen LogP contribution in [0.5, 0.6) is 5.75 Å². The molecule has 1 aromatic heterocycles. The van der Waals surface area contributed by atoms with E-state index in [0.717, 1.165) is 10.6 Å². The third-order valence-corrected chi connectivity index (χ3v) is 4.33. The van der Waals surface area contributed by atoms with Crippen LogP contribution in [0.2, 0.25) is 0 Å². The van der Waals surface area contributed by atoms with E-state index < -0.39 is 11.5 Å². The van der Waals surface area contributed by atoms with E-state index in [-0.39, 0.29) is 17.9 Å². The van der Waals surface area contributed by atoms with Crippen molar-refractivity contribution in [2.24, 2.45) is 7.05 Å². The molecular formula is C16H19NO5S. The van der Waals surface area contributed by atoms with Gasteiger partial charge in [-0.3, -0.25) is 4.79 Å². The van der Waals surface area contributed by atoms with Crippen molar-refractivity contribution >= 4 is 28.6 Å². The number of nitrogens with zero attached hydrogens (tertiary/aromatic N) is 1. The zero-order valence-corrected chi connectivity index (χ0v) is 14.1. The fraction of sp³-hybridized carbons (Fsp3) is 0.375. The fourth-order valence-electron chi connectivity index (χ4n) is 2.23. The van der Waals surface area contributed by atoms with Crippen molar-refractivity contribution in [3.8, 4) is 5.75 Å². The molecule has 1 aromatic carbocycles. The molecule has 0 aliphatic heterocycles. The Morgan fingerprint density at radius 1 is 1.39 bits per heavy atom. The minimum absolute atomic E-state index is 0.131. The number of fused-ring (bicyclic) bond motifs is 1. The number of aryl methyl sites for hydroxylation is 1. The normalized spacial score (nSPS) is 10.9. The first-order valence-corrected chi connectivity index (χ1v) is 8.14. The molecule has 0 amide bonds. The van der Waals surface area contributed by atoms with Gasteiger partial charge < -0.3 is 19.1 Å². The molecule has 6 nitrogen and oxygen atoms in total. The molecule has 0 aliphatic carbocycles. The lowest BCUT2D eigenvalue weighted by Gasteiger charge is -2.12. The lowest BCUT2D eigenvalue weighted by atomic mass is 10.1. The Balaban J connectivity index is 2.57. The highest BCUT2D eigenvalue weighted by molar-refractivity contribution is 7.99. The summed E-state index contributed by atoms with van der Waals surface area (Å²) in [5.74, 6) is -0.389. The average molecular weight is 337 g/mol. The van der Waals surface area contributed by atoms with Crippen molar-refractivity contribution in [3.63, 3.8) is 0 Å². The monoisotopic (exact) mass is 337 g/mol. The second-order valence-corrected chi connectivity index (χ2v) is 6.00. The minimum atomic E-state index is -0.815. The van der Waals surface area contributed by atoms with E-state index in [4.69, 9.17) is 9.47 Å². The van der Waals surface area contributed by atoms with Crippen LogP contribution in [0, 0.1) is 0 Å². The smallest absolute Gasteiger partial charge is 0.347 e. The average Bonchev–Trinajstić information content (AvgIpc) is 2.53. The Morgan fingerprint density at radius 2 is 2.13 bits per heavy atom. The van der Waals surface area contributed by atoms with Crippen LogP contribution in [0.3, 0.4) is 0 Å². The summed E-state index contributed by atoms with van der Waals surface area (Å²) in [6, 6.07) is 5.37. The number of hydrogen-bond acceptors (Lipinski definition) is 6. The number of carbonyl (C=O) groups is 1. The molecular weight excluding hydrogens is 318 g/mol. The van der Waals surface area contributed by atoms with Crippen LogP contribution in [0.25, 0.3) is 10.9 Å². The van der Waals surface area contributed by atoms with Crippen molar-refractivity contribution in [2.45, 2.75) is 11.8 Å². The maximum absolute atomic E-state index is 12.3. The topological polar surface area (TPSA) is 77.8 Å². The zero-order chi connectivity index (χ0) is 17.0. The van der Waals surface area contributed by atoms with Crippen LogP contribution in [0.4, 0.5) is 0 Å². The number of aromatic nitrogens is 1. The Labute approximate surface area is 138 Å². The fourth-order valence-corrected chi connectivity index (χ4v) is 3.08. The predicted octanol–water partition coefficient (Wildman–Crippen LogP) is 2.16. The van der Waals surface area contributed by atoms with Crippen LogP contribution >= 0.6 is 11.8 Å². The molecule has 2 aromatic rings. The molecule has 124 valence electrons. The number of rotatable bonds is 6. The third-order valence-electron chi connectivity index (χ3n) is 3.38. The van der Waals surface area contributed by atoms with Crippen LogP contribution < -0.4 is 5.56 Å². The number of thioether (sulfide) groups is 1. The Hall–Kier alpha value is -1.99. The van der Waals surface area contributed by atoms with Gasteiger partial charge in [0.05, 0.1) is 18.7 Å². The SMILES string of the molecule is CCOC(=O)c1c(O)c2cc(SCCOC)ccc2n(C)c1=O. The summed E-state index contributed by atoms with van der Waals surface area (Å²) in [6.45, 7) is 2.38. The van der Waals surface area contributed by atoms with Crippen molar-refractivity contribution in [3.05, 3.63) is 34.1 Å². The predicted molar refractivity (Wildman–Crippen MR) is 89.4 cm³/mol. The molecule has 7 heteroatoms. The van der Waals surface area contributed by atoms with E-state index in [1.807, 2.05) is 6.07 Å². The van der Waals surface area contributed by atoms with Gasteiger partial charge in [-0.1, -0.05) is 0 Å². The number of carbonyl (C=O) groups excluding carboxylic acids is 1. The first-order valence-electron chi connectivity index (χ1n) is 7.15. The molecule has 0 unspecified atom stereocenters. The van der Waals surface area contributed by atoms with Crippen molar-refractivity contribution in [1.82, 2.24) is 4.57 Å². The first kappa shape index (κ1) is 17.4. The zero-order valence-electron chi connectivity index (χ0n) is 13.3. The van der Waals surface area contributed by atoms with E-state index >= 15 is 0 Å². The number of esters is 1. The van der Waals surface area contributed by atoms with Crippen molar-refractivity contribution in [2.75, 3.05) is 26.1 Å². The van der Waals surface area contributed by atoms with Gasteiger partial charge in [0.25, 0.3) is 5.56 Å². The first-order chi connectivity index (χ1) is 11.0. The molecule has 1 N–H and O–H groups in total. The quantitative estimate of drug-likeness (QED) is 0.494. The molecule has 0 radical (unpaired) electrons. The van der Waals surface area contributed by atoms with Gasteiger partial charge in [0.15, 0.2) is 5.56 Å². The van der Waals surface area contributed by atoms with Crippen LogP contribution in [-0.4, -0.2) is 41.7 Å². The molecule has 0 atom stereocenters. The van der Waals surface area contributed by atoms with Gasteiger partial charge in [-0.15, -0.1) is 11.8 Å². The van der Waals surface area contributed by atoms with Gasteiger partial charge in [-0.25, -0.2) is 4.79 Å². The number of methoxy groups -OCH3 is 1. The van der Waals surface area contributed by atoms with Crippen LogP contribution in [-0.2, 0) is 16.5 Å². The number of aromatic hydroxyl groups is 1. The van der Waals surface area contributed by atoms with E-state index in [0.29, 0.717) is 17.5 Å². The molecule has 1 heterocycles. The van der Waals surface area contributed by atoms with E-state index in [1.54, 1.807) is 45.0 Å². The van der Waals surface area contributed by atoms with Crippen LogP contribution in [0.1, 0.15) is 17.3 Å². The van der Waals surface area contributed by atoms with E-state index in [9.17, 15) is 14.7 Å². The summed E-state index contributed by atoms with van der Waals surface area (Å²) in [5, 5.41) is 10.8. The Kier molecular flexibility index (Phi) is 5.68. The summed E-state index contributed by atoms with van der Waals surface area (Å²) >= 11 is 1.56. The molecule has 0 spiro atoms. The maximum Gasteiger partial charge on any atom is 0.347 e. The number of pyridine rings is 1. The number of hydrogen-bond donors (Lipinski definition) is 1.